The van der Waals surface area contributed by atoms with Gasteiger partial charge in [0.15, 0.2) is 0 Å². The largest absolute Gasteiger partial charge is 0.410 e. The van der Waals surface area contributed by atoms with E-state index < -0.39 is 16.6 Å². The van der Waals surface area contributed by atoms with Crippen molar-refractivity contribution in [3.8, 4) is 0 Å². The average Bonchev–Trinajstić information content (AvgIpc) is 2.80. The van der Waals surface area contributed by atoms with E-state index >= 15 is 0 Å². The van der Waals surface area contributed by atoms with E-state index in [1.807, 2.05) is 6.07 Å². The molecule has 0 spiro atoms. The molecule has 1 aromatic heterocycles. The molecule has 0 bridgehead atoms. The van der Waals surface area contributed by atoms with E-state index in [0.29, 0.717) is 52.0 Å². The molecule has 0 aromatic carbocycles. The number of aromatic nitrogens is 1. The molecule has 1 aromatic rings. The molecule has 1 aliphatic rings. The highest BCUT2D eigenvalue weighted by Gasteiger charge is 2.54. The summed E-state index contributed by atoms with van der Waals surface area (Å²) in [6, 6.07) is 1.98. The number of ether oxygens (including phenoxy) is 2. The van der Waals surface area contributed by atoms with Gasteiger partial charge in [0.1, 0.15) is 6.10 Å². The van der Waals surface area contributed by atoms with Crippen molar-refractivity contribution in [1.29, 1.82) is 0 Å². The van der Waals surface area contributed by atoms with Crippen LogP contribution in [0.3, 0.4) is 0 Å². The fourth-order valence-corrected chi connectivity index (χ4v) is 18.9. The number of hydrogen-bond donors (Lipinski definition) is 1. The van der Waals surface area contributed by atoms with Crippen molar-refractivity contribution in [1.82, 2.24) is 4.98 Å². The predicted octanol–water partition coefficient (Wildman–Crippen LogP) is 8.26. The number of rotatable bonds is 13. The molecule has 38 heavy (non-hydrogen) atoms. The third-order valence-electron chi connectivity index (χ3n) is 9.19. The highest BCUT2D eigenvalue weighted by Crippen LogP contribution is 2.49. The van der Waals surface area contributed by atoms with E-state index in [1.54, 1.807) is 19.5 Å². The van der Waals surface area contributed by atoms with Crippen LogP contribution in [0.25, 0.3) is 0 Å². The smallest absolute Gasteiger partial charge is 0.201 e. The number of methoxy groups -OCH3 is 1. The third-order valence-corrected chi connectivity index (χ3v) is 21.4. The van der Waals surface area contributed by atoms with Crippen molar-refractivity contribution < 1.29 is 18.3 Å². The maximum absolute atomic E-state index is 7.57. The molecular weight excluding hydrogens is 509 g/mol. The Morgan fingerprint density at radius 3 is 1.74 bits per heavy atom. The minimum Gasteiger partial charge on any atom is -0.410 e. The van der Waals surface area contributed by atoms with Gasteiger partial charge in [-0.15, -0.1) is 0 Å². The average molecular weight is 567 g/mol. The number of nitrogens with two attached hydrogens (primary N) is 1. The quantitative estimate of drug-likeness (QED) is 0.242. The van der Waals surface area contributed by atoms with Crippen LogP contribution in [0.4, 0.5) is 5.69 Å². The fraction of sp³-hybridized carbons (Fsp3) is 0.833. The highest BCUT2D eigenvalue weighted by atomic mass is 28.4. The summed E-state index contributed by atoms with van der Waals surface area (Å²) in [4.78, 5) is 4.22. The summed E-state index contributed by atoms with van der Waals surface area (Å²) in [5.74, 6) is 0. The molecule has 1 saturated heterocycles. The zero-order valence-corrected chi connectivity index (χ0v) is 28.6. The SMILES string of the molecule is COC[C@H]1O[C@H](c2ccncc2N)C[C@@H](O[Si](C(C)C)(C(C)C)C(C)C)[C@@H]1O[Si](C(C)C)(C(C)C)C(C)C. The first kappa shape index (κ1) is 33.4. The van der Waals surface area contributed by atoms with Gasteiger partial charge in [0.05, 0.1) is 36.8 Å². The molecule has 2 N–H and O–H groups in total. The topological polar surface area (TPSA) is 75.8 Å². The number of hydrogen-bond acceptors (Lipinski definition) is 6. The Kier molecular flexibility index (Phi) is 12.1. The van der Waals surface area contributed by atoms with Crippen molar-refractivity contribution in [3.63, 3.8) is 0 Å². The zero-order valence-electron chi connectivity index (χ0n) is 26.6. The lowest BCUT2D eigenvalue weighted by atomic mass is 9.94. The Labute approximate surface area is 236 Å². The molecule has 8 heteroatoms. The van der Waals surface area contributed by atoms with Crippen molar-refractivity contribution >= 4 is 22.3 Å². The molecule has 6 nitrogen and oxygen atoms in total. The van der Waals surface area contributed by atoms with Crippen molar-refractivity contribution in [2.75, 3.05) is 19.5 Å². The number of pyridine rings is 1. The number of nitrogen functional groups attached to an aromatic ring is 1. The third kappa shape index (κ3) is 6.57. The van der Waals surface area contributed by atoms with Gasteiger partial charge in [0, 0.05) is 25.3 Å². The van der Waals surface area contributed by atoms with Crippen LogP contribution in [0.15, 0.2) is 18.5 Å². The lowest BCUT2D eigenvalue weighted by molar-refractivity contribution is -0.177. The highest BCUT2D eigenvalue weighted by molar-refractivity contribution is 6.78. The van der Waals surface area contributed by atoms with E-state index in [4.69, 9.17) is 24.1 Å². The van der Waals surface area contributed by atoms with Crippen LogP contribution in [-0.2, 0) is 18.3 Å². The molecule has 220 valence electrons. The second-order valence-electron chi connectivity index (χ2n) is 13.2. The second kappa shape index (κ2) is 13.7. The van der Waals surface area contributed by atoms with Crippen LogP contribution >= 0.6 is 0 Å². The van der Waals surface area contributed by atoms with Crippen molar-refractivity contribution in [3.05, 3.63) is 24.0 Å². The lowest BCUT2D eigenvalue weighted by Crippen LogP contribution is -2.62. The molecule has 0 radical (unpaired) electrons. The summed E-state index contributed by atoms with van der Waals surface area (Å²) in [6.07, 6.45) is 3.46. The summed E-state index contributed by atoms with van der Waals surface area (Å²) < 4.78 is 27.7. The predicted molar refractivity (Wildman–Crippen MR) is 165 cm³/mol. The maximum Gasteiger partial charge on any atom is 0.201 e. The Hall–Kier alpha value is -0.776. The van der Waals surface area contributed by atoms with Gasteiger partial charge >= 0.3 is 0 Å². The number of anilines is 1. The van der Waals surface area contributed by atoms with Crippen molar-refractivity contribution in [2.24, 2.45) is 0 Å². The van der Waals surface area contributed by atoms with E-state index in [0.717, 1.165) is 5.56 Å². The van der Waals surface area contributed by atoms with E-state index in [-0.39, 0.29) is 24.4 Å². The summed E-state index contributed by atoms with van der Waals surface area (Å²) in [5.41, 5.74) is 10.8. The van der Waals surface area contributed by atoms with Gasteiger partial charge in [0.25, 0.3) is 0 Å². The Bertz CT molecular complexity index is 819. The summed E-state index contributed by atoms with van der Waals surface area (Å²) in [6.45, 7) is 28.6. The Morgan fingerprint density at radius 1 is 0.842 bits per heavy atom. The first-order valence-electron chi connectivity index (χ1n) is 14.9. The van der Waals surface area contributed by atoms with Gasteiger partial charge in [-0.25, -0.2) is 0 Å². The molecule has 1 fully saturated rings. The van der Waals surface area contributed by atoms with Gasteiger partial charge in [0.2, 0.25) is 16.6 Å². The minimum atomic E-state index is -2.23. The first-order chi connectivity index (χ1) is 17.7. The number of nitrogens with zero attached hydrogens (tertiary/aromatic N) is 1. The van der Waals surface area contributed by atoms with Crippen LogP contribution in [0, 0.1) is 0 Å². The molecular formula is C30H58N2O4Si2. The van der Waals surface area contributed by atoms with Crippen LogP contribution in [0.5, 0.6) is 0 Å². The molecule has 2 heterocycles. The molecule has 4 atom stereocenters. The minimum absolute atomic E-state index is 0.108. The van der Waals surface area contributed by atoms with E-state index in [9.17, 15) is 0 Å². The Morgan fingerprint density at radius 2 is 1.32 bits per heavy atom. The lowest BCUT2D eigenvalue weighted by Gasteiger charge is -2.53. The van der Waals surface area contributed by atoms with Gasteiger partial charge < -0.3 is 24.1 Å². The van der Waals surface area contributed by atoms with Gasteiger partial charge in [-0.1, -0.05) is 83.1 Å². The summed E-state index contributed by atoms with van der Waals surface area (Å²) in [7, 11) is -2.70. The summed E-state index contributed by atoms with van der Waals surface area (Å²) in [5, 5.41) is 0. The molecule has 0 saturated carbocycles. The Balaban J connectivity index is 2.70. The molecule has 0 aliphatic carbocycles. The van der Waals surface area contributed by atoms with Crippen LogP contribution < -0.4 is 5.73 Å². The van der Waals surface area contributed by atoms with E-state index in [2.05, 4.69) is 88.1 Å². The zero-order chi connectivity index (χ0) is 29.0. The van der Waals surface area contributed by atoms with Crippen LogP contribution in [-0.4, -0.2) is 53.6 Å². The van der Waals surface area contributed by atoms with E-state index in [1.165, 1.54) is 0 Å². The first-order valence-corrected chi connectivity index (χ1v) is 19.1. The van der Waals surface area contributed by atoms with Gasteiger partial charge in [-0.2, -0.15) is 0 Å². The van der Waals surface area contributed by atoms with Gasteiger partial charge in [-0.3, -0.25) is 4.98 Å². The molecule has 2 rings (SSSR count). The summed E-state index contributed by atoms with van der Waals surface area (Å²) >= 11 is 0. The van der Waals surface area contributed by atoms with Crippen LogP contribution in [0.1, 0.15) is 101 Å². The fourth-order valence-electron chi connectivity index (χ4n) is 7.72. The maximum atomic E-state index is 7.57. The second-order valence-corrected chi connectivity index (χ2v) is 24.0. The molecule has 1 aliphatic heterocycles. The molecule has 0 amide bonds. The van der Waals surface area contributed by atoms with Crippen molar-refractivity contribution in [2.45, 2.75) is 147 Å². The molecule has 0 unspecified atom stereocenters. The normalized spacial score (nSPS) is 23.6. The van der Waals surface area contributed by atoms with Crippen LogP contribution in [0.2, 0.25) is 33.2 Å². The monoisotopic (exact) mass is 566 g/mol. The standard InChI is InChI=1S/C30H58N2O4Si2/c1-19(2)37(20(3)4,21(5)6)35-28-16-27(25-14-15-32-17-26(25)31)34-29(18-33-13)30(28)36-38(22(7)8,23(9)10)24(11)12/h14-15,17,19-24,27-30H,16,18,31H2,1-13H3/t27-,28+,29+,30-/m0/s1. The van der Waals surface area contributed by atoms with Gasteiger partial charge in [-0.05, 0) is 39.3 Å².